The van der Waals surface area contributed by atoms with Crippen LogP contribution in [0.25, 0.3) is 0 Å². The Morgan fingerprint density at radius 1 is 1.40 bits per heavy atom. The molecule has 1 unspecified atom stereocenters. The number of likely N-dealkylation sites (tertiary alicyclic amines) is 1. The zero-order chi connectivity index (χ0) is 17.2. The van der Waals surface area contributed by atoms with Gasteiger partial charge in [0, 0.05) is 42.8 Å². The number of thioether (sulfide) groups is 1. The van der Waals surface area contributed by atoms with Gasteiger partial charge in [0.2, 0.25) is 0 Å². The van der Waals surface area contributed by atoms with E-state index >= 15 is 0 Å². The van der Waals surface area contributed by atoms with Crippen molar-refractivity contribution in [3.8, 4) is 0 Å². The zero-order valence-corrected chi connectivity index (χ0v) is 18.2. The van der Waals surface area contributed by atoms with Gasteiger partial charge < -0.3 is 15.0 Å². The third kappa shape index (κ3) is 7.70. The standard InChI is InChI=1S/C18H28FN3OS.HI/c1-3-20-18(22-11-9-15(13-22)14-23-4-2)21-10-12-24-17-8-6-5-7-16(17)19;/h5-8,15H,3-4,9-14H2,1-2H3,(H,20,21);1H. The molecule has 1 heterocycles. The monoisotopic (exact) mass is 481 g/mol. The summed E-state index contributed by atoms with van der Waals surface area (Å²) in [5, 5.41) is 3.36. The van der Waals surface area contributed by atoms with Gasteiger partial charge in [0.15, 0.2) is 5.96 Å². The molecule has 0 saturated carbocycles. The van der Waals surface area contributed by atoms with E-state index in [-0.39, 0.29) is 29.8 Å². The molecule has 0 bridgehead atoms. The number of hydrogen-bond acceptors (Lipinski definition) is 3. The molecular formula is C18H29FIN3OS. The first-order valence-electron chi connectivity index (χ1n) is 8.72. The normalized spacial score (nSPS) is 17.5. The van der Waals surface area contributed by atoms with Crippen molar-refractivity contribution in [1.29, 1.82) is 0 Å². The minimum atomic E-state index is -0.156. The molecule has 1 N–H and O–H groups in total. The molecule has 4 nitrogen and oxygen atoms in total. The molecule has 1 atom stereocenters. The molecule has 1 aromatic rings. The minimum Gasteiger partial charge on any atom is -0.381 e. The summed E-state index contributed by atoms with van der Waals surface area (Å²) in [5.74, 6) is 2.16. The third-order valence-corrected chi connectivity index (χ3v) is 4.95. The molecule has 0 aliphatic carbocycles. The number of ether oxygens (including phenoxy) is 1. The lowest BCUT2D eigenvalue weighted by molar-refractivity contribution is 0.114. The first kappa shape index (κ1) is 22.5. The van der Waals surface area contributed by atoms with E-state index in [1.165, 1.54) is 17.8 Å². The highest BCUT2D eigenvalue weighted by Crippen LogP contribution is 2.21. The number of benzene rings is 1. The quantitative estimate of drug-likeness (QED) is 0.201. The SMILES string of the molecule is CCNC(=NCCSc1ccccc1F)N1CCC(COCC)C1.I. The van der Waals surface area contributed by atoms with Crippen molar-refractivity contribution < 1.29 is 9.13 Å². The van der Waals surface area contributed by atoms with Crippen LogP contribution in [-0.2, 0) is 4.74 Å². The Bertz CT molecular complexity index is 533. The van der Waals surface area contributed by atoms with E-state index in [0.717, 1.165) is 51.0 Å². The summed E-state index contributed by atoms with van der Waals surface area (Å²) in [4.78, 5) is 7.70. The van der Waals surface area contributed by atoms with Crippen LogP contribution in [0, 0.1) is 11.7 Å². The van der Waals surface area contributed by atoms with E-state index in [1.54, 1.807) is 6.07 Å². The molecule has 25 heavy (non-hydrogen) atoms. The maximum atomic E-state index is 13.6. The van der Waals surface area contributed by atoms with Gasteiger partial charge >= 0.3 is 0 Å². The predicted molar refractivity (Wildman–Crippen MR) is 115 cm³/mol. The minimum absolute atomic E-state index is 0. The van der Waals surface area contributed by atoms with Gasteiger partial charge in [0.1, 0.15) is 5.82 Å². The van der Waals surface area contributed by atoms with Crippen molar-refractivity contribution in [1.82, 2.24) is 10.2 Å². The Hall–Kier alpha value is -0.540. The first-order valence-corrected chi connectivity index (χ1v) is 9.71. The van der Waals surface area contributed by atoms with Crippen molar-refractivity contribution in [3.63, 3.8) is 0 Å². The molecule has 0 spiro atoms. The van der Waals surface area contributed by atoms with Gasteiger partial charge in [-0.1, -0.05) is 12.1 Å². The van der Waals surface area contributed by atoms with Crippen LogP contribution in [0.15, 0.2) is 34.2 Å². The summed E-state index contributed by atoms with van der Waals surface area (Å²) in [7, 11) is 0. The van der Waals surface area contributed by atoms with Crippen molar-refractivity contribution in [2.45, 2.75) is 25.2 Å². The second kappa shape index (κ2) is 12.8. The maximum absolute atomic E-state index is 13.6. The van der Waals surface area contributed by atoms with E-state index in [2.05, 4.69) is 17.1 Å². The molecule has 1 aromatic carbocycles. The second-order valence-corrected chi connectivity index (χ2v) is 6.91. The van der Waals surface area contributed by atoms with Crippen LogP contribution >= 0.6 is 35.7 Å². The van der Waals surface area contributed by atoms with Crippen LogP contribution in [0.3, 0.4) is 0 Å². The average molecular weight is 481 g/mol. The fourth-order valence-electron chi connectivity index (χ4n) is 2.74. The van der Waals surface area contributed by atoms with Crippen LogP contribution in [-0.4, -0.2) is 56.0 Å². The lowest BCUT2D eigenvalue weighted by Gasteiger charge is -2.21. The van der Waals surface area contributed by atoms with Gasteiger partial charge in [-0.3, -0.25) is 4.99 Å². The fourth-order valence-corrected chi connectivity index (χ4v) is 3.52. The van der Waals surface area contributed by atoms with Crippen molar-refractivity contribution in [3.05, 3.63) is 30.1 Å². The highest BCUT2D eigenvalue weighted by Gasteiger charge is 2.24. The largest absolute Gasteiger partial charge is 0.381 e. The highest BCUT2D eigenvalue weighted by atomic mass is 127. The Labute approximate surface area is 172 Å². The van der Waals surface area contributed by atoms with Crippen molar-refractivity contribution in [2.75, 3.05) is 45.1 Å². The molecule has 1 fully saturated rings. The number of aliphatic imine (C=N–C) groups is 1. The fraction of sp³-hybridized carbons (Fsp3) is 0.611. The Morgan fingerprint density at radius 2 is 2.20 bits per heavy atom. The van der Waals surface area contributed by atoms with Crippen LogP contribution in [0.4, 0.5) is 4.39 Å². The maximum Gasteiger partial charge on any atom is 0.193 e. The lowest BCUT2D eigenvalue weighted by Crippen LogP contribution is -2.40. The topological polar surface area (TPSA) is 36.9 Å². The molecule has 142 valence electrons. The smallest absolute Gasteiger partial charge is 0.193 e. The number of halogens is 2. The zero-order valence-electron chi connectivity index (χ0n) is 15.0. The van der Waals surface area contributed by atoms with Crippen molar-refractivity contribution >= 4 is 41.7 Å². The van der Waals surface area contributed by atoms with Crippen molar-refractivity contribution in [2.24, 2.45) is 10.9 Å². The molecule has 7 heteroatoms. The van der Waals surface area contributed by atoms with Gasteiger partial charge in [0.25, 0.3) is 0 Å². The summed E-state index contributed by atoms with van der Waals surface area (Å²) in [6, 6.07) is 6.89. The molecule has 1 aliphatic heterocycles. The number of nitrogens with one attached hydrogen (secondary N) is 1. The Morgan fingerprint density at radius 3 is 2.92 bits per heavy atom. The van der Waals surface area contributed by atoms with Crippen LogP contribution in [0.1, 0.15) is 20.3 Å². The summed E-state index contributed by atoms with van der Waals surface area (Å²) in [6.45, 7) is 9.26. The molecule has 0 aromatic heterocycles. The van der Waals surface area contributed by atoms with E-state index in [4.69, 9.17) is 9.73 Å². The molecule has 1 aliphatic rings. The van der Waals surface area contributed by atoms with Gasteiger partial charge in [-0.2, -0.15) is 0 Å². The van der Waals surface area contributed by atoms with Crippen LogP contribution < -0.4 is 5.32 Å². The highest BCUT2D eigenvalue weighted by molar-refractivity contribution is 14.0. The lowest BCUT2D eigenvalue weighted by atomic mass is 10.1. The van der Waals surface area contributed by atoms with E-state index < -0.39 is 0 Å². The number of rotatable bonds is 8. The number of hydrogen-bond donors (Lipinski definition) is 1. The van der Waals surface area contributed by atoms with E-state index in [0.29, 0.717) is 17.4 Å². The summed E-state index contributed by atoms with van der Waals surface area (Å²) in [5.41, 5.74) is 0. The number of nitrogens with zero attached hydrogens (tertiary/aromatic N) is 2. The Kier molecular flexibility index (Phi) is 11.5. The van der Waals surface area contributed by atoms with Gasteiger partial charge in [-0.15, -0.1) is 35.7 Å². The van der Waals surface area contributed by atoms with E-state index in [1.807, 2.05) is 19.1 Å². The summed E-state index contributed by atoms with van der Waals surface area (Å²) >= 11 is 1.51. The van der Waals surface area contributed by atoms with Gasteiger partial charge in [-0.25, -0.2) is 4.39 Å². The molecule has 0 amide bonds. The molecule has 1 saturated heterocycles. The number of guanidine groups is 1. The molecule has 2 rings (SSSR count). The van der Waals surface area contributed by atoms with Crippen LogP contribution in [0.5, 0.6) is 0 Å². The predicted octanol–water partition coefficient (Wildman–Crippen LogP) is 3.86. The summed E-state index contributed by atoms with van der Waals surface area (Å²) < 4.78 is 19.1. The first-order chi connectivity index (χ1) is 11.7. The molecule has 0 radical (unpaired) electrons. The summed E-state index contributed by atoms with van der Waals surface area (Å²) in [6.07, 6.45) is 1.15. The third-order valence-electron chi connectivity index (χ3n) is 3.93. The molecular weight excluding hydrogens is 452 g/mol. The van der Waals surface area contributed by atoms with E-state index in [9.17, 15) is 4.39 Å². The second-order valence-electron chi connectivity index (χ2n) is 5.77. The van der Waals surface area contributed by atoms with Gasteiger partial charge in [0.05, 0.1) is 13.2 Å². The average Bonchev–Trinajstić information content (AvgIpc) is 3.06. The Balaban J connectivity index is 0.00000312. The van der Waals surface area contributed by atoms with Crippen LogP contribution in [0.2, 0.25) is 0 Å². The van der Waals surface area contributed by atoms with Gasteiger partial charge in [-0.05, 0) is 32.4 Å².